The van der Waals surface area contributed by atoms with Gasteiger partial charge in [0.2, 0.25) is 10.0 Å². The molecule has 1 aromatic carbocycles. The third-order valence-corrected chi connectivity index (χ3v) is 7.21. The third-order valence-electron chi connectivity index (χ3n) is 4.88. The molecule has 0 aliphatic carbocycles. The lowest BCUT2D eigenvalue weighted by Crippen LogP contribution is -2.47. The van der Waals surface area contributed by atoms with Gasteiger partial charge in [0, 0.05) is 13.1 Å². The molecule has 1 saturated heterocycles. The summed E-state index contributed by atoms with van der Waals surface area (Å²) in [5.74, 6) is -0.890. The van der Waals surface area contributed by atoms with Gasteiger partial charge in [-0.1, -0.05) is 23.8 Å². The van der Waals surface area contributed by atoms with Crippen molar-refractivity contribution in [3.8, 4) is 0 Å². The summed E-state index contributed by atoms with van der Waals surface area (Å²) in [6, 6.07) is 4.38. The van der Waals surface area contributed by atoms with Gasteiger partial charge in [-0.05, 0) is 38.0 Å². The van der Waals surface area contributed by atoms with Gasteiger partial charge in [0.15, 0.2) is 4.80 Å². The number of piperidine rings is 1. The normalized spacial score (nSPS) is 18.5. The molecule has 1 aromatic heterocycles. The van der Waals surface area contributed by atoms with Crippen molar-refractivity contribution in [2.24, 2.45) is 4.99 Å². The van der Waals surface area contributed by atoms with E-state index in [9.17, 15) is 18.0 Å². The second kappa shape index (κ2) is 9.23. The molecule has 1 atom stereocenters. The van der Waals surface area contributed by atoms with Crippen LogP contribution in [-0.2, 0) is 26.1 Å². The molecule has 0 saturated carbocycles. The number of sulfonamides is 1. The minimum atomic E-state index is -3.50. The monoisotopic (exact) mass is 451 g/mol. The molecule has 0 bridgehead atoms. The SMILES string of the molecule is C=CCn1c(=NC(=O)C2CCCCN2S(C)(=O)=O)sc2cc(C(=O)OCC)ccc21. The van der Waals surface area contributed by atoms with Gasteiger partial charge in [-0.15, -0.1) is 6.58 Å². The van der Waals surface area contributed by atoms with Crippen LogP contribution in [-0.4, -0.2) is 54.6 Å². The van der Waals surface area contributed by atoms with E-state index in [-0.39, 0.29) is 6.61 Å². The van der Waals surface area contributed by atoms with E-state index >= 15 is 0 Å². The number of hydrogen-bond donors (Lipinski definition) is 0. The maximum Gasteiger partial charge on any atom is 0.338 e. The zero-order chi connectivity index (χ0) is 21.9. The number of carbonyl (C=O) groups is 2. The Morgan fingerprint density at radius 2 is 2.13 bits per heavy atom. The number of fused-ring (bicyclic) bond motifs is 1. The molecular formula is C20H25N3O5S2. The Balaban J connectivity index is 2.05. The van der Waals surface area contributed by atoms with Crippen molar-refractivity contribution in [2.45, 2.75) is 38.8 Å². The van der Waals surface area contributed by atoms with Crippen LogP contribution in [0.4, 0.5) is 0 Å². The molecular weight excluding hydrogens is 426 g/mol. The van der Waals surface area contributed by atoms with Gasteiger partial charge in [-0.3, -0.25) is 4.79 Å². The molecule has 2 aromatic rings. The van der Waals surface area contributed by atoms with Gasteiger partial charge in [0.1, 0.15) is 6.04 Å². The topological polar surface area (TPSA) is 98.0 Å². The Bertz CT molecular complexity index is 1150. The number of rotatable bonds is 6. The molecule has 8 nitrogen and oxygen atoms in total. The largest absolute Gasteiger partial charge is 0.462 e. The van der Waals surface area contributed by atoms with Crippen molar-refractivity contribution >= 4 is 43.5 Å². The first kappa shape index (κ1) is 22.4. The number of aromatic nitrogens is 1. The summed E-state index contributed by atoms with van der Waals surface area (Å²) in [5.41, 5.74) is 1.23. The molecule has 30 heavy (non-hydrogen) atoms. The highest BCUT2D eigenvalue weighted by molar-refractivity contribution is 7.88. The first-order valence-electron chi connectivity index (χ1n) is 9.73. The molecule has 0 spiro atoms. The van der Waals surface area contributed by atoms with Gasteiger partial charge in [-0.2, -0.15) is 9.30 Å². The minimum absolute atomic E-state index is 0.283. The fraction of sp³-hybridized carbons (Fsp3) is 0.450. The number of allylic oxidation sites excluding steroid dienone is 1. The highest BCUT2D eigenvalue weighted by Gasteiger charge is 2.34. The first-order chi connectivity index (χ1) is 14.3. The van der Waals surface area contributed by atoms with Gasteiger partial charge in [0.05, 0.1) is 28.6 Å². The van der Waals surface area contributed by atoms with Crippen LogP contribution in [0.25, 0.3) is 10.2 Å². The van der Waals surface area contributed by atoms with Crippen LogP contribution in [0.3, 0.4) is 0 Å². The molecule has 1 amide bonds. The van der Waals surface area contributed by atoms with Crippen LogP contribution in [0.5, 0.6) is 0 Å². The maximum atomic E-state index is 12.9. The standard InChI is InChI=1S/C20H25N3O5S2/c1-4-11-22-15-10-9-14(19(25)28-5-2)13-17(15)29-20(22)21-18(24)16-8-6-7-12-23(16)30(3,26)27/h4,9-10,13,16H,1,5-8,11-12H2,2-3H3. The Kier molecular flexibility index (Phi) is 6.89. The summed E-state index contributed by atoms with van der Waals surface area (Å²) >= 11 is 1.27. The number of ether oxygens (including phenoxy) is 1. The average Bonchev–Trinajstić information content (AvgIpc) is 3.04. The van der Waals surface area contributed by atoms with E-state index in [1.54, 1.807) is 31.2 Å². The highest BCUT2D eigenvalue weighted by atomic mass is 32.2. The maximum absolute atomic E-state index is 12.9. The molecule has 0 N–H and O–H groups in total. The molecule has 1 aliphatic rings. The van der Waals surface area contributed by atoms with Crippen LogP contribution in [0.1, 0.15) is 36.5 Å². The van der Waals surface area contributed by atoms with E-state index in [1.807, 2.05) is 4.57 Å². The van der Waals surface area contributed by atoms with Crippen molar-refractivity contribution in [1.29, 1.82) is 0 Å². The number of thiazole rings is 1. The zero-order valence-electron chi connectivity index (χ0n) is 17.0. The fourth-order valence-electron chi connectivity index (χ4n) is 3.52. The Morgan fingerprint density at radius 1 is 1.37 bits per heavy atom. The van der Waals surface area contributed by atoms with Crippen molar-refractivity contribution < 1.29 is 22.7 Å². The summed E-state index contributed by atoms with van der Waals surface area (Å²) in [4.78, 5) is 29.7. The van der Waals surface area contributed by atoms with Crippen molar-refractivity contribution in [2.75, 3.05) is 19.4 Å². The predicted molar refractivity (Wildman–Crippen MR) is 116 cm³/mol. The summed E-state index contributed by atoms with van der Waals surface area (Å²) < 4.78 is 33.1. The predicted octanol–water partition coefficient (Wildman–Crippen LogP) is 2.31. The van der Waals surface area contributed by atoms with Gasteiger partial charge >= 0.3 is 5.97 Å². The lowest BCUT2D eigenvalue weighted by molar-refractivity contribution is -0.122. The summed E-state index contributed by atoms with van der Waals surface area (Å²) in [7, 11) is -3.50. The number of nitrogens with zero attached hydrogens (tertiary/aromatic N) is 3. The third kappa shape index (κ3) is 4.71. The highest BCUT2D eigenvalue weighted by Crippen LogP contribution is 2.22. The van der Waals surface area contributed by atoms with Crippen LogP contribution in [0.15, 0.2) is 35.8 Å². The lowest BCUT2D eigenvalue weighted by Gasteiger charge is -2.31. The minimum Gasteiger partial charge on any atom is -0.462 e. The number of hydrogen-bond acceptors (Lipinski definition) is 6. The van der Waals surface area contributed by atoms with E-state index in [0.29, 0.717) is 29.9 Å². The van der Waals surface area contributed by atoms with E-state index in [0.717, 1.165) is 29.3 Å². The molecule has 1 aliphatic heterocycles. The van der Waals surface area contributed by atoms with Crippen LogP contribution >= 0.6 is 11.3 Å². The molecule has 3 rings (SSSR count). The molecule has 1 fully saturated rings. The smallest absolute Gasteiger partial charge is 0.338 e. The first-order valence-corrected chi connectivity index (χ1v) is 12.4. The lowest BCUT2D eigenvalue weighted by atomic mass is 10.0. The zero-order valence-corrected chi connectivity index (χ0v) is 18.7. The molecule has 162 valence electrons. The number of amides is 1. The molecule has 0 radical (unpaired) electrons. The van der Waals surface area contributed by atoms with Gasteiger partial charge < -0.3 is 9.30 Å². The van der Waals surface area contributed by atoms with Gasteiger partial charge in [-0.25, -0.2) is 13.2 Å². The van der Waals surface area contributed by atoms with Crippen LogP contribution < -0.4 is 4.80 Å². The Labute approximate surface area is 179 Å². The van der Waals surface area contributed by atoms with Crippen molar-refractivity contribution in [3.05, 3.63) is 41.2 Å². The van der Waals surface area contributed by atoms with E-state index < -0.39 is 27.9 Å². The number of benzene rings is 1. The van der Waals surface area contributed by atoms with Crippen molar-refractivity contribution in [3.63, 3.8) is 0 Å². The van der Waals surface area contributed by atoms with Crippen LogP contribution in [0, 0.1) is 0 Å². The van der Waals surface area contributed by atoms with E-state index in [2.05, 4.69) is 11.6 Å². The summed E-state index contributed by atoms with van der Waals surface area (Å²) in [6.45, 7) is 6.54. The van der Waals surface area contributed by atoms with E-state index in [4.69, 9.17) is 4.74 Å². The Hall–Kier alpha value is -2.30. The number of carbonyl (C=O) groups excluding carboxylic acids is 2. The van der Waals surface area contributed by atoms with E-state index in [1.165, 1.54) is 15.6 Å². The van der Waals surface area contributed by atoms with Gasteiger partial charge in [0.25, 0.3) is 5.91 Å². The molecule has 10 heteroatoms. The number of esters is 1. The second-order valence-electron chi connectivity index (χ2n) is 7.02. The van der Waals surface area contributed by atoms with Crippen molar-refractivity contribution in [1.82, 2.24) is 8.87 Å². The molecule has 1 unspecified atom stereocenters. The molecule has 2 heterocycles. The second-order valence-corrected chi connectivity index (χ2v) is 9.97. The quantitative estimate of drug-likeness (QED) is 0.496. The average molecular weight is 452 g/mol. The fourth-order valence-corrected chi connectivity index (χ4v) is 5.73. The van der Waals surface area contributed by atoms with Crippen LogP contribution in [0.2, 0.25) is 0 Å². The summed E-state index contributed by atoms with van der Waals surface area (Å²) in [5, 5.41) is 0. The Morgan fingerprint density at radius 3 is 2.80 bits per heavy atom. The summed E-state index contributed by atoms with van der Waals surface area (Å²) in [6.07, 6.45) is 4.77.